The van der Waals surface area contributed by atoms with Crippen molar-refractivity contribution in [1.29, 1.82) is 0 Å². The van der Waals surface area contributed by atoms with E-state index in [9.17, 15) is 4.79 Å². The highest BCUT2D eigenvalue weighted by Gasteiger charge is 2.18. The average molecular weight is 306 g/mol. The summed E-state index contributed by atoms with van der Waals surface area (Å²) in [5.41, 5.74) is 0. The molecule has 2 aromatic rings. The number of nitrogens with one attached hydrogen (secondary N) is 1. The van der Waals surface area contributed by atoms with Gasteiger partial charge < -0.3 is 9.32 Å². The number of amides is 1. The number of H-pyrrole nitrogens is 1. The number of hydrogen-bond acceptors (Lipinski definition) is 5. The molecule has 0 saturated heterocycles. The van der Waals surface area contributed by atoms with E-state index in [0.29, 0.717) is 11.0 Å². The Bertz CT molecular complexity index is 645. The second-order valence-corrected chi connectivity index (χ2v) is 6.09. The Morgan fingerprint density at radius 3 is 2.81 bits per heavy atom. The van der Waals surface area contributed by atoms with Crippen molar-refractivity contribution in [3.8, 4) is 0 Å². The lowest BCUT2D eigenvalue weighted by Crippen LogP contribution is -2.29. The van der Waals surface area contributed by atoms with Gasteiger partial charge in [-0.05, 0) is 38.1 Å². The van der Waals surface area contributed by atoms with E-state index >= 15 is 0 Å². The Labute approximate surface area is 127 Å². The maximum atomic E-state index is 11.8. The van der Waals surface area contributed by atoms with Crippen molar-refractivity contribution in [1.82, 2.24) is 20.1 Å². The number of aryl methyl sites for hydroxylation is 1. The van der Waals surface area contributed by atoms with Gasteiger partial charge in [0.25, 0.3) is 0 Å². The van der Waals surface area contributed by atoms with Gasteiger partial charge in [0.1, 0.15) is 17.3 Å². The van der Waals surface area contributed by atoms with Crippen LogP contribution in [0.2, 0.25) is 0 Å². The van der Waals surface area contributed by atoms with Crippen LogP contribution in [-0.2, 0) is 4.79 Å². The summed E-state index contributed by atoms with van der Waals surface area (Å²) >= 11 is 1.32. The lowest BCUT2D eigenvalue weighted by Gasteiger charge is -2.14. The van der Waals surface area contributed by atoms with Crippen LogP contribution in [0.4, 0.5) is 0 Å². The Morgan fingerprint density at radius 1 is 1.43 bits per heavy atom. The number of furan rings is 1. The van der Waals surface area contributed by atoms with E-state index in [1.165, 1.54) is 11.8 Å². The highest BCUT2D eigenvalue weighted by atomic mass is 32.2. The molecular weight excluding hydrogens is 288 g/mol. The number of thioether (sulfide) groups is 1. The third kappa shape index (κ3) is 4.22. The number of nitrogens with zero attached hydrogens (tertiary/aromatic N) is 3. The minimum Gasteiger partial charge on any atom is -0.462 e. The first-order chi connectivity index (χ1) is 9.95. The summed E-state index contributed by atoms with van der Waals surface area (Å²) in [6, 6.07) is 3.78. The molecule has 112 valence electrons. The molecule has 21 heavy (non-hydrogen) atoms. The van der Waals surface area contributed by atoms with Gasteiger partial charge in [-0.1, -0.05) is 11.8 Å². The van der Waals surface area contributed by atoms with Gasteiger partial charge in [-0.3, -0.25) is 9.89 Å². The monoisotopic (exact) mass is 306 g/mol. The standard InChI is InChI=1S/C14H18N4O2S/c1-9-5-6-11(20-9)7-8-12-15-14(17-16-12)21-10(2)13(19)18(3)4/h5-8,10H,1-4H3,(H,15,16,17)/b8-7+. The molecule has 0 aliphatic heterocycles. The van der Waals surface area contributed by atoms with Crippen molar-refractivity contribution < 1.29 is 9.21 Å². The van der Waals surface area contributed by atoms with E-state index < -0.39 is 0 Å². The second-order valence-electron chi connectivity index (χ2n) is 4.78. The molecule has 0 fully saturated rings. The Morgan fingerprint density at radius 2 is 2.19 bits per heavy atom. The van der Waals surface area contributed by atoms with E-state index in [0.717, 1.165) is 11.5 Å². The SMILES string of the molecule is Cc1ccc(/C=C/c2nc(SC(C)C(=O)N(C)C)n[nH]2)o1. The number of rotatable bonds is 5. The normalized spacial score (nSPS) is 12.8. The molecule has 2 aromatic heterocycles. The molecule has 0 spiro atoms. The van der Waals surface area contributed by atoms with Crippen molar-refractivity contribution in [2.45, 2.75) is 24.3 Å². The van der Waals surface area contributed by atoms with Crippen molar-refractivity contribution in [3.05, 3.63) is 29.5 Å². The van der Waals surface area contributed by atoms with Gasteiger partial charge in [0.2, 0.25) is 11.1 Å². The van der Waals surface area contributed by atoms with E-state index in [-0.39, 0.29) is 11.2 Å². The molecule has 1 atom stereocenters. The third-order valence-corrected chi connectivity index (χ3v) is 3.67. The smallest absolute Gasteiger partial charge is 0.235 e. The molecule has 1 amide bonds. The number of aromatic nitrogens is 3. The maximum absolute atomic E-state index is 11.8. The van der Waals surface area contributed by atoms with Gasteiger partial charge in [0.05, 0.1) is 5.25 Å². The van der Waals surface area contributed by atoms with Gasteiger partial charge >= 0.3 is 0 Å². The summed E-state index contributed by atoms with van der Waals surface area (Å²) in [6.45, 7) is 3.73. The van der Waals surface area contributed by atoms with Crippen molar-refractivity contribution in [2.24, 2.45) is 0 Å². The minimum absolute atomic E-state index is 0.0351. The molecular formula is C14H18N4O2S. The van der Waals surface area contributed by atoms with E-state index in [2.05, 4.69) is 15.2 Å². The quantitative estimate of drug-likeness (QED) is 0.859. The van der Waals surface area contributed by atoms with E-state index in [4.69, 9.17) is 4.42 Å². The zero-order chi connectivity index (χ0) is 15.4. The van der Waals surface area contributed by atoms with Gasteiger partial charge in [0, 0.05) is 14.1 Å². The summed E-state index contributed by atoms with van der Waals surface area (Å²) in [5, 5.41) is 7.24. The van der Waals surface area contributed by atoms with Crippen molar-refractivity contribution in [2.75, 3.05) is 14.1 Å². The van der Waals surface area contributed by atoms with Crippen LogP contribution in [-0.4, -0.2) is 45.3 Å². The van der Waals surface area contributed by atoms with Crippen LogP contribution < -0.4 is 0 Å². The predicted octanol–water partition coefficient (Wildman–Crippen LogP) is 2.45. The molecule has 0 radical (unpaired) electrons. The van der Waals surface area contributed by atoms with Gasteiger partial charge in [0.15, 0.2) is 0 Å². The van der Waals surface area contributed by atoms with Crippen LogP contribution in [0.1, 0.15) is 24.3 Å². The number of carbonyl (C=O) groups excluding carboxylic acids is 1. The fourth-order valence-electron chi connectivity index (χ4n) is 1.66. The fourth-order valence-corrected chi connectivity index (χ4v) is 2.54. The number of hydrogen-bond donors (Lipinski definition) is 1. The highest BCUT2D eigenvalue weighted by molar-refractivity contribution is 8.00. The summed E-state index contributed by atoms with van der Waals surface area (Å²) in [4.78, 5) is 17.7. The molecule has 1 unspecified atom stereocenters. The Kier molecular flexibility index (Phi) is 4.85. The fraction of sp³-hybridized carbons (Fsp3) is 0.357. The van der Waals surface area contributed by atoms with Crippen LogP contribution in [0, 0.1) is 6.92 Å². The van der Waals surface area contributed by atoms with Gasteiger partial charge in [-0.2, -0.15) is 0 Å². The number of carbonyl (C=O) groups is 1. The molecule has 0 aliphatic rings. The molecule has 2 heterocycles. The number of aromatic amines is 1. The first-order valence-electron chi connectivity index (χ1n) is 6.50. The molecule has 1 N–H and O–H groups in total. The topological polar surface area (TPSA) is 75.0 Å². The predicted molar refractivity (Wildman–Crippen MR) is 82.8 cm³/mol. The van der Waals surface area contributed by atoms with Crippen LogP contribution in [0.5, 0.6) is 0 Å². The van der Waals surface area contributed by atoms with Crippen LogP contribution in [0.3, 0.4) is 0 Å². The first-order valence-corrected chi connectivity index (χ1v) is 7.38. The van der Waals surface area contributed by atoms with Crippen LogP contribution in [0.25, 0.3) is 12.2 Å². The Hall–Kier alpha value is -2.02. The highest BCUT2D eigenvalue weighted by Crippen LogP contribution is 2.20. The molecule has 2 rings (SSSR count). The summed E-state index contributed by atoms with van der Waals surface area (Å²) in [7, 11) is 3.47. The molecule has 0 aromatic carbocycles. The zero-order valence-electron chi connectivity index (χ0n) is 12.5. The minimum atomic E-state index is -0.222. The maximum Gasteiger partial charge on any atom is 0.235 e. The Balaban J connectivity index is 1.98. The summed E-state index contributed by atoms with van der Waals surface area (Å²) < 4.78 is 5.43. The molecule has 0 bridgehead atoms. The molecule has 0 aliphatic carbocycles. The van der Waals surface area contributed by atoms with Gasteiger partial charge in [-0.15, -0.1) is 5.10 Å². The third-order valence-electron chi connectivity index (χ3n) is 2.72. The molecule has 6 nitrogen and oxygen atoms in total. The van der Waals surface area contributed by atoms with E-state index in [1.54, 1.807) is 25.1 Å². The van der Waals surface area contributed by atoms with Crippen LogP contribution in [0.15, 0.2) is 21.7 Å². The lowest BCUT2D eigenvalue weighted by molar-refractivity contribution is -0.127. The van der Waals surface area contributed by atoms with Gasteiger partial charge in [-0.25, -0.2) is 4.98 Å². The molecule has 7 heteroatoms. The zero-order valence-corrected chi connectivity index (χ0v) is 13.3. The average Bonchev–Trinajstić information content (AvgIpc) is 3.04. The molecule has 0 saturated carbocycles. The van der Waals surface area contributed by atoms with E-state index in [1.807, 2.05) is 32.1 Å². The largest absolute Gasteiger partial charge is 0.462 e. The summed E-state index contributed by atoms with van der Waals surface area (Å²) in [6.07, 6.45) is 3.60. The van der Waals surface area contributed by atoms with Crippen molar-refractivity contribution in [3.63, 3.8) is 0 Å². The van der Waals surface area contributed by atoms with Crippen molar-refractivity contribution >= 4 is 29.8 Å². The lowest BCUT2D eigenvalue weighted by atomic mass is 10.4. The van der Waals surface area contributed by atoms with Crippen LogP contribution >= 0.6 is 11.8 Å². The second kappa shape index (κ2) is 6.62. The first kappa shape index (κ1) is 15.4. The summed E-state index contributed by atoms with van der Waals surface area (Å²) in [5.74, 6) is 2.28.